The van der Waals surface area contributed by atoms with E-state index in [1.807, 2.05) is 14.1 Å². The van der Waals surface area contributed by atoms with E-state index in [1.165, 1.54) is 0 Å². The second-order valence-electron chi connectivity index (χ2n) is 0.692. The topological polar surface area (TPSA) is 12.0 Å². The zero-order chi connectivity index (χ0) is 6.28. The van der Waals surface area contributed by atoms with Gasteiger partial charge in [-0.25, -0.2) is 0 Å². The Labute approximate surface area is 82.5 Å². The Balaban J connectivity index is 0. The van der Waals surface area contributed by atoms with Crippen molar-refractivity contribution >= 4 is 59.9 Å². The van der Waals surface area contributed by atoms with Crippen molar-refractivity contribution in [3.05, 3.63) is 0 Å². The first-order valence-corrected chi connectivity index (χ1v) is 15.0. The minimum absolute atomic E-state index is 0.278. The molecule has 0 aromatic heterocycles. The average Bonchev–Trinajstić information content (AvgIpc) is 1.33. The molecule has 7 heavy (non-hydrogen) atoms. The first kappa shape index (κ1) is 12.4. The average molecular weight is 477 g/mol. The Morgan fingerprint density at radius 3 is 1.14 bits per heavy atom. The molecule has 0 amide bonds. The SMILES string of the molecule is CNC.[I][V]([I])[I]. The molecule has 0 aliphatic rings. The number of hydrogen-bond acceptors (Lipinski definition) is 1. The van der Waals surface area contributed by atoms with Gasteiger partial charge in [0.2, 0.25) is 0 Å². The van der Waals surface area contributed by atoms with Crippen molar-refractivity contribution in [1.29, 1.82) is 0 Å². The summed E-state index contributed by atoms with van der Waals surface area (Å²) >= 11 is 7.39. The van der Waals surface area contributed by atoms with Crippen molar-refractivity contribution in [2.75, 3.05) is 14.1 Å². The van der Waals surface area contributed by atoms with Crippen molar-refractivity contribution in [3.8, 4) is 0 Å². The Bertz CT molecular complexity index is 24.1. The first-order valence-electron chi connectivity index (χ1n) is 1.51. The van der Waals surface area contributed by atoms with Crippen LogP contribution in [0.25, 0.3) is 0 Å². The predicted molar refractivity (Wildman–Crippen MR) is 57.0 cm³/mol. The molecule has 0 bridgehead atoms. The van der Waals surface area contributed by atoms with Gasteiger partial charge in [-0.1, -0.05) is 0 Å². The molecule has 1 nitrogen and oxygen atoms in total. The summed E-state index contributed by atoms with van der Waals surface area (Å²) in [7, 11) is 3.75. The van der Waals surface area contributed by atoms with Crippen molar-refractivity contribution < 1.29 is 4.92 Å². The van der Waals surface area contributed by atoms with Crippen molar-refractivity contribution in [3.63, 3.8) is 0 Å². The van der Waals surface area contributed by atoms with Gasteiger partial charge in [0.15, 0.2) is 0 Å². The number of halogens is 3. The number of nitrogens with one attached hydrogen (secondary N) is 1. The molecule has 0 aromatic carbocycles. The van der Waals surface area contributed by atoms with Crippen LogP contribution in [0.5, 0.6) is 0 Å². The summed E-state index contributed by atoms with van der Waals surface area (Å²) in [6.45, 7) is 0. The molecule has 0 saturated heterocycles. The molecule has 0 radical (unpaired) electrons. The summed E-state index contributed by atoms with van der Waals surface area (Å²) in [5.74, 6) is 0. The molecule has 0 aromatic rings. The minimum atomic E-state index is -0.278. The van der Waals surface area contributed by atoms with Crippen LogP contribution >= 0.6 is 59.9 Å². The quantitative estimate of drug-likeness (QED) is 0.530. The normalized spacial score (nSPS) is 7.71. The summed E-state index contributed by atoms with van der Waals surface area (Å²) in [4.78, 5) is -0.278. The van der Waals surface area contributed by atoms with Gasteiger partial charge in [-0.3, -0.25) is 0 Å². The first-order chi connectivity index (χ1) is 3.15. The molecule has 0 unspecified atom stereocenters. The molecule has 0 spiro atoms. The molecule has 0 fully saturated rings. The maximum absolute atomic E-state index is 2.75. The molecule has 5 heteroatoms. The predicted octanol–water partition coefficient (Wildman–Crippen LogP) is 2.49. The zero-order valence-corrected chi connectivity index (χ0v) is 12.0. The summed E-state index contributed by atoms with van der Waals surface area (Å²) in [6, 6.07) is 0. The van der Waals surface area contributed by atoms with Crippen LogP contribution in [0.4, 0.5) is 0 Å². The zero-order valence-electron chi connectivity index (χ0n) is 4.08. The second kappa shape index (κ2) is 11.5. The molecule has 0 heterocycles. The van der Waals surface area contributed by atoms with Crippen LogP contribution in [-0.4, -0.2) is 14.1 Å². The molecular weight excluding hydrogens is 470 g/mol. The third-order valence-corrected chi connectivity index (χ3v) is 0. The Morgan fingerprint density at radius 2 is 1.14 bits per heavy atom. The van der Waals surface area contributed by atoms with Gasteiger partial charge in [0.1, 0.15) is 0 Å². The van der Waals surface area contributed by atoms with Gasteiger partial charge in [-0.2, -0.15) is 0 Å². The number of hydrogen-bond donors (Lipinski definition) is 1. The second-order valence-corrected chi connectivity index (χ2v) is 36.1. The van der Waals surface area contributed by atoms with E-state index in [4.69, 9.17) is 0 Å². The van der Waals surface area contributed by atoms with Crippen LogP contribution < -0.4 is 5.32 Å². The van der Waals surface area contributed by atoms with E-state index < -0.39 is 0 Å². The fourth-order valence-corrected chi connectivity index (χ4v) is 0. The molecule has 1 N–H and O–H groups in total. The van der Waals surface area contributed by atoms with Crippen LogP contribution in [0.2, 0.25) is 0 Å². The third-order valence-electron chi connectivity index (χ3n) is 0. The molecule has 0 aliphatic carbocycles. The molecule has 0 saturated carbocycles. The van der Waals surface area contributed by atoms with Crippen LogP contribution in [0, 0.1) is 0 Å². The summed E-state index contributed by atoms with van der Waals surface area (Å²) < 4.78 is 0. The summed E-state index contributed by atoms with van der Waals surface area (Å²) in [6.07, 6.45) is 0. The monoisotopic (exact) mass is 477 g/mol. The van der Waals surface area contributed by atoms with E-state index in [9.17, 15) is 0 Å². The van der Waals surface area contributed by atoms with Crippen LogP contribution in [-0.2, 0) is 4.92 Å². The van der Waals surface area contributed by atoms with E-state index in [0.29, 0.717) is 0 Å². The molecular formula is C2H7I3NV. The fraction of sp³-hybridized carbons (Fsp3) is 1.00. The Kier molecular flexibility index (Phi) is 20.4. The maximum atomic E-state index is 2.75. The van der Waals surface area contributed by atoms with Gasteiger partial charge in [-0.15, -0.1) is 0 Å². The van der Waals surface area contributed by atoms with E-state index in [2.05, 4.69) is 65.3 Å². The molecule has 46 valence electrons. The Morgan fingerprint density at radius 1 is 1.14 bits per heavy atom. The Hall–Kier alpha value is 2.73. The van der Waals surface area contributed by atoms with Crippen molar-refractivity contribution in [2.24, 2.45) is 0 Å². The number of rotatable bonds is 0. The van der Waals surface area contributed by atoms with Crippen LogP contribution in [0.3, 0.4) is 0 Å². The van der Waals surface area contributed by atoms with Crippen LogP contribution in [0.1, 0.15) is 0 Å². The molecule has 0 atom stereocenters. The van der Waals surface area contributed by atoms with E-state index in [1.54, 1.807) is 0 Å². The van der Waals surface area contributed by atoms with Crippen molar-refractivity contribution in [1.82, 2.24) is 5.32 Å². The van der Waals surface area contributed by atoms with Gasteiger partial charge >= 0.3 is 64.9 Å². The third kappa shape index (κ3) is 53.0. The van der Waals surface area contributed by atoms with Crippen molar-refractivity contribution in [2.45, 2.75) is 0 Å². The van der Waals surface area contributed by atoms with E-state index in [0.717, 1.165) is 0 Å². The summed E-state index contributed by atoms with van der Waals surface area (Å²) in [5.41, 5.74) is 0. The molecule has 0 aliphatic heterocycles. The van der Waals surface area contributed by atoms with Gasteiger partial charge < -0.3 is 5.32 Å². The van der Waals surface area contributed by atoms with Crippen LogP contribution in [0.15, 0.2) is 0 Å². The summed E-state index contributed by atoms with van der Waals surface area (Å²) in [5, 5.41) is 2.75. The van der Waals surface area contributed by atoms with E-state index >= 15 is 0 Å². The van der Waals surface area contributed by atoms with Gasteiger partial charge in [-0.05, 0) is 14.1 Å². The molecule has 0 rings (SSSR count). The van der Waals surface area contributed by atoms with Gasteiger partial charge in [0.05, 0.1) is 0 Å². The van der Waals surface area contributed by atoms with E-state index in [-0.39, 0.29) is 4.92 Å². The fourth-order valence-electron chi connectivity index (χ4n) is 0. The standard InChI is InChI=1S/C2H7N.3HI.V/c1-3-2;;;;/h3H,1-2H3;3*1H;/q;;;;+3/p-3. The van der Waals surface area contributed by atoms with Gasteiger partial charge in [0, 0.05) is 0 Å². The van der Waals surface area contributed by atoms with Gasteiger partial charge in [0.25, 0.3) is 0 Å².